The third-order valence-corrected chi connectivity index (χ3v) is 4.59. The molecule has 146 valence electrons. The fraction of sp³-hybridized carbons (Fsp3) is 0.391. The molecule has 0 aliphatic heterocycles. The maximum Gasteiger partial charge on any atom is 0.191 e. The van der Waals surface area contributed by atoms with Crippen molar-refractivity contribution in [3.8, 4) is 0 Å². The van der Waals surface area contributed by atoms with Crippen LogP contribution in [-0.2, 0) is 16.8 Å². The predicted octanol–water partition coefficient (Wildman–Crippen LogP) is 4.17. The minimum Gasteiger partial charge on any atom is -0.370 e. The number of guanidine groups is 1. The van der Waals surface area contributed by atoms with Crippen LogP contribution in [0, 0.1) is 12.8 Å². The highest BCUT2D eigenvalue weighted by Crippen LogP contribution is 2.35. The van der Waals surface area contributed by atoms with Gasteiger partial charge < -0.3 is 15.4 Å². The SMILES string of the molecule is CC.Cc1cccc(C(C)(N=C(N)N(C)C)C(C=O)Cc2ccccc2)c1. The van der Waals surface area contributed by atoms with Crippen LogP contribution in [0.5, 0.6) is 0 Å². The number of rotatable bonds is 6. The van der Waals surface area contributed by atoms with Crippen LogP contribution < -0.4 is 5.73 Å². The molecule has 0 bridgehead atoms. The molecule has 2 N–H and O–H groups in total. The van der Waals surface area contributed by atoms with Crippen molar-refractivity contribution < 1.29 is 4.79 Å². The lowest BCUT2D eigenvalue weighted by atomic mass is 9.77. The molecular formula is C23H33N3O. The normalized spacial score (nSPS) is 14.4. The third-order valence-electron chi connectivity index (χ3n) is 4.59. The molecule has 0 amide bonds. The number of hydrogen-bond donors (Lipinski definition) is 1. The van der Waals surface area contributed by atoms with E-state index >= 15 is 0 Å². The van der Waals surface area contributed by atoms with Crippen LogP contribution in [0.4, 0.5) is 0 Å². The Morgan fingerprint density at radius 1 is 1.15 bits per heavy atom. The van der Waals surface area contributed by atoms with Crippen molar-refractivity contribution in [2.24, 2.45) is 16.6 Å². The number of aliphatic imine (C=N–C) groups is 1. The lowest BCUT2D eigenvalue weighted by Gasteiger charge is -2.33. The largest absolute Gasteiger partial charge is 0.370 e. The second-order valence-corrected chi connectivity index (χ2v) is 6.81. The first-order chi connectivity index (χ1) is 12.9. The van der Waals surface area contributed by atoms with Gasteiger partial charge in [0.25, 0.3) is 0 Å². The number of aldehydes is 1. The monoisotopic (exact) mass is 367 g/mol. The Kier molecular flexibility index (Phi) is 8.73. The van der Waals surface area contributed by atoms with Crippen molar-refractivity contribution >= 4 is 12.2 Å². The molecule has 0 aliphatic rings. The lowest BCUT2D eigenvalue weighted by Crippen LogP contribution is -2.39. The Morgan fingerprint density at radius 3 is 2.30 bits per heavy atom. The van der Waals surface area contributed by atoms with Crippen molar-refractivity contribution in [3.63, 3.8) is 0 Å². The molecule has 0 heterocycles. The van der Waals surface area contributed by atoms with Gasteiger partial charge in [-0.25, -0.2) is 4.99 Å². The van der Waals surface area contributed by atoms with E-state index < -0.39 is 5.54 Å². The number of hydrogen-bond acceptors (Lipinski definition) is 2. The molecule has 2 rings (SSSR count). The Hall–Kier alpha value is -2.62. The molecule has 2 aromatic carbocycles. The van der Waals surface area contributed by atoms with Crippen molar-refractivity contribution in [1.29, 1.82) is 0 Å². The topological polar surface area (TPSA) is 58.7 Å². The third kappa shape index (κ3) is 5.95. The summed E-state index contributed by atoms with van der Waals surface area (Å²) in [5.41, 5.74) is 8.62. The van der Waals surface area contributed by atoms with Crippen molar-refractivity contribution in [2.45, 2.75) is 39.7 Å². The zero-order valence-electron chi connectivity index (χ0n) is 17.4. The molecule has 2 aromatic rings. The van der Waals surface area contributed by atoms with Crippen molar-refractivity contribution in [3.05, 3.63) is 71.3 Å². The average molecular weight is 368 g/mol. The summed E-state index contributed by atoms with van der Waals surface area (Å²) in [5.74, 6) is 0.0825. The van der Waals surface area contributed by atoms with Crippen LogP contribution in [0.3, 0.4) is 0 Å². The van der Waals surface area contributed by atoms with Crippen molar-refractivity contribution in [2.75, 3.05) is 14.1 Å². The fourth-order valence-corrected chi connectivity index (χ4v) is 2.91. The average Bonchev–Trinajstić information content (AvgIpc) is 2.68. The van der Waals surface area contributed by atoms with Crippen LogP contribution in [0.25, 0.3) is 0 Å². The number of nitrogens with zero attached hydrogens (tertiary/aromatic N) is 2. The molecule has 4 heteroatoms. The van der Waals surface area contributed by atoms with Gasteiger partial charge in [0.05, 0.1) is 5.54 Å². The maximum absolute atomic E-state index is 12.0. The van der Waals surface area contributed by atoms with E-state index in [-0.39, 0.29) is 5.92 Å². The first-order valence-corrected chi connectivity index (χ1v) is 9.46. The van der Waals surface area contributed by atoms with Gasteiger partial charge in [-0.3, -0.25) is 0 Å². The maximum atomic E-state index is 12.0. The number of carbonyl (C=O) groups excluding carboxylic acids is 1. The smallest absolute Gasteiger partial charge is 0.191 e. The second-order valence-electron chi connectivity index (χ2n) is 6.81. The van der Waals surface area contributed by atoms with Gasteiger partial charge in [0, 0.05) is 20.0 Å². The van der Waals surface area contributed by atoms with Gasteiger partial charge in [0.1, 0.15) is 6.29 Å². The minimum absolute atomic E-state index is 0.324. The quantitative estimate of drug-likeness (QED) is 0.473. The van der Waals surface area contributed by atoms with Gasteiger partial charge >= 0.3 is 0 Å². The standard InChI is InChI=1S/C21H27N3O.C2H6/c1-16-9-8-12-18(13-16)21(2,23-20(22)24(3)4)19(15-25)14-17-10-6-5-7-11-17;1-2/h5-13,15,19H,14H2,1-4H3,(H2,22,23);1-2H3. The van der Waals surface area contributed by atoms with E-state index in [2.05, 4.69) is 6.07 Å². The Morgan fingerprint density at radius 2 is 1.78 bits per heavy atom. The highest BCUT2D eigenvalue weighted by Gasteiger charge is 2.36. The summed E-state index contributed by atoms with van der Waals surface area (Å²) >= 11 is 0. The van der Waals surface area contributed by atoms with Crippen LogP contribution in [-0.4, -0.2) is 31.2 Å². The van der Waals surface area contributed by atoms with Gasteiger partial charge in [-0.15, -0.1) is 0 Å². The summed E-state index contributed by atoms with van der Waals surface area (Å²) in [6, 6.07) is 18.1. The molecule has 0 aliphatic carbocycles. The molecule has 0 spiro atoms. The van der Waals surface area contributed by atoms with Gasteiger partial charge in [0.2, 0.25) is 0 Å². The summed E-state index contributed by atoms with van der Waals surface area (Å²) in [6.45, 7) is 8.02. The van der Waals surface area contributed by atoms with Gasteiger partial charge in [0.15, 0.2) is 5.96 Å². The van der Waals surface area contributed by atoms with E-state index in [1.54, 1.807) is 4.90 Å². The number of benzene rings is 2. The molecule has 0 saturated carbocycles. The first kappa shape index (κ1) is 22.4. The predicted molar refractivity (Wildman–Crippen MR) is 115 cm³/mol. The van der Waals surface area contributed by atoms with E-state index in [4.69, 9.17) is 10.7 Å². The minimum atomic E-state index is -0.738. The Labute approximate surface area is 164 Å². The van der Waals surface area contributed by atoms with E-state index in [1.165, 1.54) is 0 Å². The summed E-state index contributed by atoms with van der Waals surface area (Å²) in [4.78, 5) is 18.6. The molecule has 4 nitrogen and oxygen atoms in total. The number of nitrogens with two attached hydrogens (primary N) is 1. The highest BCUT2D eigenvalue weighted by molar-refractivity contribution is 5.78. The van der Waals surface area contributed by atoms with Crippen LogP contribution >= 0.6 is 0 Å². The zero-order valence-corrected chi connectivity index (χ0v) is 17.4. The van der Waals surface area contributed by atoms with Gasteiger partial charge in [-0.1, -0.05) is 74.0 Å². The molecule has 0 fully saturated rings. The number of carbonyl (C=O) groups is 1. The number of aryl methyl sites for hydroxylation is 1. The van der Waals surface area contributed by atoms with Gasteiger partial charge in [-0.05, 0) is 31.4 Å². The Bertz CT molecular complexity index is 740. The van der Waals surface area contributed by atoms with Crippen LogP contribution in [0.2, 0.25) is 0 Å². The summed E-state index contributed by atoms with van der Waals surface area (Å²) in [5, 5.41) is 0. The fourth-order valence-electron chi connectivity index (χ4n) is 2.91. The van der Waals surface area contributed by atoms with Crippen LogP contribution in [0.15, 0.2) is 59.6 Å². The molecule has 2 unspecified atom stereocenters. The molecule has 2 atom stereocenters. The van der Waals surface area contributed by atoms with E-state index in [0.717, 1.165) is 23.0 Å². The van der Waals surface area contributed by atoms with E-state index in [1.807, 2.05) is 90.3 Å². The molecule has 0 saturated heterocycles. The van der Waals surface area contributed by atoms with Crippen LogP contribution in [0.1, 0.15) is 37.5 Å². The first-order valence-electron chi connectivity index (χ1n) is 9.46. The van der Waals surface area contributed by atoms with E-state index in [0.29, 0.717) is 12.4 Å². The van der Waals surface area contributed by atoms with Gasteiger partial charge in [-0.2, -0.15) is 0 Å². The summed E-state index contributed by atoms with van der Waals surface area (Å²) in [7, 11) is 3.70. The molecule has 0 radical (unpaired) electrons. The zero-order chi connectivity index (χ0) is 20.4. The lowest BCUT2D eigenvalue weighted by molar-refractivity contribution is -0.112. The molecular weight excluding hydrogens is 334 g/mol. The van der Waals surface area contributed by atoms with E-state index in [9.17, 15) is 4.79 Å². The summed E-state index contributed by atoms with van der Waals surface area (Å²) < 4.78 is 0. The second kappa shape index (κ2) is 10.5. The molecule has 0 aromatic heterocycles. The highest BCUT2D eigenvalue weighted by atomic mass is 16.1. The summed E-state index contributed by atoms with van der Waals surface area (Å²) in [6.07, 6.45) is 1.61. The Balaban J connectivity index is 0.00000176. The molecule has 27 heavy (non-hydrogen) atoms. The van der Waals surface area contributed by atoms with Crippen molar-refractivity contribution in [1.82, 2.24) is 4.90 Å².